The fraction of sp³-hybridized carbons (Fsp3) is 0.600. The molecule has 0 radical (unpaired) electrons. The van der Waals surface area contributed by atoms with Gasteiger partial charge in [-0.25, -0.2) is 0 Å². The van der Waals surface area contributed by atoms with E-state index in [0.29, 0.717) is 10.5 Å². The van der Waals surface area contributed by atoms with E-state index in [1.54, 1.807) is 0 Å². The Morgan fingerprint density at radius 2 is 1.94 bits per heavy atom. The lowest BCUT2D eigenvalue weighted by Crippen LogP contribution is -2.35. The van der Waals surface area contributed by atoms with E-state index in [0.717, 1.165) is 0 Å². The summed E-state index contributed by atoms with van der Waals surface area (Å²) in [6.07, 6.45) is 1.22. The van der Waals surface area contributed by atoms with E-state index >= 15 is 0 Å². The molecule has 0 amide bonds. The molecule has 1 nitrogen and oxygen atoms in total. The molecular formula is C15H23NS2. The van der Waals surface area contributed by atoms with Crippen molar-refractivity contribution in [3.63, 3.8) is 0 Å². The number of hydrogen-bond donors (Lipinski definition) is 1. The molecule has 3 heteroatoms. The van der Waals surface area contributed by atoms with Crippen LogP contribution in [0.5, 0.6) is 0 Å². The molecule has 2 rings (SSSR count). The van der Waals surface area contributed by atoms with Gasteiger partial charge in [0.25, 0.3) is 0 Å². The van der Waals surface area contributed by atoms with Gasteiger partial charge >= 0.3 is 0 Å². The zero-order valence-corrected chi connectivity index (χ0v) is 13.1. The summed E-state index contributed by atoms with van der Waals surface area (Å²) in [7, 11) is 0. The Hall–Kier alpha value is -0.120. The van der Waals surface area contributed by atoms with Gasteiger partial charge < -0.3 is 5.73 Å². The van der Waals surface area contributed by atoms with Crippen LogP contribution in [0, 0.1) is 13.8 Å². The largest absolute Gasteiger partial charge is 0.323 e. The van der Waals surface area contributed by atoms with Crippen LogP contribution in [0.15, 0.2) is 18.2 Å². The van der Waals surface area contributed by atoms with Crippen LogP contribution in [0.2, 0.25) is 0 Å². The molecule has 3 atom stereocenters. The second kappa shape index (κ2) is 6.36. The Balaban J connectivity index is 2.18. The van der Waals surface area contributed by atoms with Crippen LogP contribution in [0.25, 0.3) is 0 Å². The van der Waals surface area contributed by atoms with Gasteiger partial charge in [-0.15, -0.1) is 0 Å². The first-order chi connectivity index (χ1) is 8.63. The van der Waals surface area contributed by atoms with Crippen molar-refractivity contribution in [3.8, 4) is 0 Å². The monoisotopic (exact) mass is 281 g/mol. The molecule has 1 aromatic carbocycles. The summed E-state index contributed by atoms with van der Waals surface area (Å²) in [6.45, 7) is 6.61. The van der Waals surface area contributed by atoms with Gasteiger partial charge in [-0.2, -0.15) is 23.5 Å². The second-order valence-corrected chi connectivity index (χ2v) is 7.66. The van der Waals surface area contributed by atoms with Crippen molar-refractivity contribution < 1.29 is 0 Å². The van der Waals surface area contributed by atoms with Gasteiger partial charge in [-0.05, 0) is 37.0 Å². The van der Waals surface area contributed by atoms with E-state index < -0.39 is 0 Å². The van der Waals surface area contributed by atoms with E-state index in [1.807, 2.05) is 0 Å². The van der Waals surface area contributed by atoms with Crippen molar-refractivity contribution in [2.24, 2.45) is 5.73 Å². The molecule has 1 aliphatic heterocycles. The highest BCUT2D eigenvalue weighted by molar-refractivity contribution is 8.07. The Labute approximate surface area is 119 Å². The number of rotatable bonds is 3. The van der Waals surface area contributed by atoms with Crippen LogP contribution in [0.3, 0.4) is 0 Å². The topological polar surface area (TPSA) is 26.0 Å². The van der Waals surface area contributed by atoms with Crippen molar-refractivity contribution in [3.05, 3.63) is 34.9 Å². The molecule has 100 valence electrons. The molecule has 0 aliphatic carbocycles. The minimum absolute atomic E-state index is 0.173. The molecule has 1 saturated heterocycles. The van der Waals surface area contributed by atoms with Crippen molar-refractivity contribution in [2.75, 3.05) is 11.5 Å². The molecule has 3 unspecified atom stereocenters. The third-order valence-electron chi connectivity index (χ3n) is 3.76. The third kappa shape index (κ3) is 3.06. The fourth-order valence-electron chi connectivity index (χ4n) is 2.43. The molecule has 1 heterocycles. The molecule has 1 aliphatic rings. The molecule has 0 spiro atoms. The standard InChI is InChI=1S/C15H23NS2/c1-4-13-15(18-8-7-17-13)14(16)12-6-5-10(2)11(3)9-12/h5-6,9,13-15H,4,7-8,16H2,1-3H3. The summed E-state index contributed by atoms with van der Waals surface area (Å²) in [5.41, 5.74) is 10.5. The number of aryl methyl sites for hydroxylation is 2. The number of thioether (sulfide) groups is 2. The van der Waals surface area contributed by atoms with E-state index in [-0.39, 0.29) is 6.04 Å². The first kappa shape index (κ1) is 14.3. The predicted molar refractivity (Wildman–Crippen MR) is 85.6 cm³/mol. The van der Waals surface area contributed by atoms with E-state index in [1.165, 1.54) is 34.6 Å². The van der Waals surface area contributed by atoms with Crippen molar-refractivity contribution in [2.45, 2.75) is 43.7 Å². The Morgan fingerprint density at radius 1 is 1.22 bits per heavy atom. The lowest BCUT2D eigenvalue weighted by Gasteiger charge is -2.34. The van der Waals surface area contributed by atoms with Gasteiger partial charge in [0.15, 0.2) is 0 Å². The van der Waals surface area contributed by atoms with Crippen LogP contribution < -0.4 is 5.73 Å². The van der Waals surface area contributed by atoms with Gasteiger partial charge in [0.05, 0.1) is 0 Å². The van der Waals surface area contributed by atoms with E-state index in [2.05, 4.69) is 62.5 Å². The zero-order chi connectivity index (χ0) is 13.1. The molecule has 0 bridgehead atoms. The summed E-state index contributed by atoms with van der Waals surface area (Å²) >= 11 is 4.16. The van der Waals surface area contributed by atoms with Gasteiger partial charge in [0, 0.05) is 28.0 Å². The SMILES string of the molecule is CCC1SCCSC1C(N)c1ccc(C)c(C)c1. The quantitative estimate of drug-likeness (QED) is 0.909. The lowest BCUT2D eigenvalue weighted by atomic mass is 9.97. The molecule has 18 heavy (non-hydrogen) atoms. The smallest absolute Gasteiger partial charge is 0.0426 e. The molecule has 1 aromatic rings. The van der Waals surface area contributed by atoms with Gasteiger partial charge in [0.1, 0.15) is 0 Å². The Bertz CT molecular complexity index is 405. The van der Waals surface area contributed by atoms with Crippen LogP contribution in [-0.4, -0.2) is 22.0 Å². The molecule has 1 fully saturated rings. The average molecular weight is 281 g/mol. The molecule has 0 saturated carbocycles. The summed E-state index contributed by atoms with van der Waals surface area (Å²) in [5.74, 6) is 2.52. The molecular weight excluding hydrogens is 258 g/mol. The zero-order valence-electron chi connectivity index (χ0n) is 11.5. The van der Waals surface area contributed by atoms with Gasteiger partial charge in [0.2, 0.25) is 0 Å². The maximum Gasteiger partial charge on any atom is 0.0426 e. The van der Waals surface area contributed by atoms with Crippen LogP contribution in [-0.2, 0) is 0 Å². The van der Waals surface area contributed by atoms with Crippen LogP contribution in [0.1, 0.15) is 36.1 Å². The normalized spacial score (nSPS) is 26.0. The first-order valence-corrected chi connectivity index (χ1v) is 8.79. The minimum Gasteiger partial charge on any atom is -0.323 e. The van der Waals surface area contributed by atoms with Gasteiger partial charge in [-0.1, -0.05) is 25.1 Å². The maximum atomic E-state index is 6.52. The summed E-state index contributed by atoms with van der Waals surface area (Å²) in [6, 6.07) is 6.85. The van der Waals surface area contributed by atoms with Crippen LogP contribution >= 0.6 is 23.5 Å². The highest BCUT2D eigenvalue weighted by Crippen LogP contribution is 2.39. The highest BCUT2D eigenvalue weighted by atomic mass is 32.2. The third-order valence-corrected chi connectivity index (χ3v) is 7.14. The van der Waals surface area contributed by atoms with E-state index in [4.69, 9.17) is 5.73 Å². The average Bonchev–Trinajstić information content (AvgIpc) is 2.41. The fourth-order valence-corrected chi connectivity index (χ4v) is 5.61. The van der Waals surface area contributed by atoms with Gasteiger partial charge in [-0.3, -0.25) is 0 Å². The summed E-state index contributed by atoms with van der Waals surface area (Å²) in [4.78, 5) is 0. The van der Waals surface area contributed by atoms with Crippen LogP contribution in [0.4, 0.5) is 0 Å². The number of benzene rings is 1. The molecule has 2 N–H and O–H groups in total. The second-order valence-electron chi connectivity index (χ2n) is 5.02. The Kier molecular flexibility index (Phi) is 5.05. The highest BCUT2D eigenvalue weighted by Gasteiger charge is 2.30. The summed E-state index contributed by atoms with van der Waals surface area (Å²) < 4.78 is 0. The predicted octanol–water partition coefficient (Wildman–Crippen LogP) is 3.93. The number of hydrogen-bond acceptors (Lipinski definition) is 3. The van der Waals surface area contributed by atoms with Crippen molar-refractivity contribution in [1.29, 1.82) is 0 Å². The van der Waals surface area contributed by atoms with Crippen molar-refractivity contribution in [1.82, 2.24) is 0 Å². The Morgan fingerprint density at radius 3 is 2.61 bits per heavy atom. The van der Waals surface area contributed by atoms with E-state index in [9.17, 15) is 0 Å². The maximum absolute atomic E-state index is 6.52. The molecule has 0 aromatic heterocycles. The lowest BCUT2D eigenvalue weighted by molar-refractivity contribution is 0.630. The summed E-state index contributed by atoms with van der Waals surface area (Å²) in [5, 5.41) is 1.27. The first-order valence-electron chi connectivity index (χ1n) is 6.69. The number of nitrogens with two attached hydrogens (primary N) is 1. The minimum atomic E-state index is 0.173. The van der Waals surface area contributed by atoms with Crippen molar-refractivity contribution >= 4 is 23.5 Å².